The van der Waals surface area contributed by atoms with E-state index in [0.717, 1.165) is 26.0 Å². The smallest absolute Gasteiger partial charge is 0.339 e. The number of amides is 2. The molecule has 5 aromatic rings. The molecule has 9 heteroatoms. The number of rotatable bonds is 8. The highest BCUT2D eigenvalue weighted by Crippen LogP contribution is 2.37. The number of nitrogens with one attached hydrogen (secondary N) is 2. The number of hydrogen-bond donors (Lipinski definition) is 4. The molecule has 0 atom stereocenters. The van der Waals surface area contributed by atoms with Crippen LogP contribution in [0.2, 0.25) is 0 Å². The number of aromatic hydroxyl groups is 1. The summed E-state index contributed by atoms with van der Waals surface area (Å²) in [5, 5.41) is 26.0. The van der Waals surface area contributed by atoms with E-state index in [1.54, 1.807) is 6.07 Å². The average Bonchev–Trinajstić information content (AvgIpc) is 3.20. The third-order valence-corrected chi connectivity index (χ3v) is 7.83. The molecule has 1 heterocycles. The van der Waals surface area contributed by atoms with Crippen molar-refractivity contribution in [3.63, 3.8) is 0 Å². The summed E-state index contributed by atoms with van der Waals surface area (Å²) < 4.78 is 2.69. The number of hydrogen-bond acceptors (Lipinski definition) is 4. The molecule has 0 saturated carbocycles. The molecule has 0 bridgehead atoms. The van der Waals surface area contributed by atoms with E-state index in [4.69, 9.17) is 0 Å². The molecular formula is C32H26IN3O5. The van der Waals surface area contributed by atoms with Crippen molar-refractivity contribution in [3.8, 4) is 28.1 Å². The molecule has 2 amide bonds. The number of carbonyl (C=O) groups is 3. The van der Waals surface area contributed by atoms with Crippen molar-refractivity contribution in [1.82, 2.24) is 4.57 Å². The van der Waals surface area contributed by atoms with E-state index >= 15 is 0 Å². The van der Waals surface area contributed by atoms with Crippen molar-refractivity contribution >= 4 is 62.7 Å². The Morgan fingerprint density at radius 3 is 1.93 bits per heavy atom. The van der Waals surface area contributed by atoms with Gasteiger partial charge in [0.2, 0.25) is 11.8 Å². The molecule has 0 unspecified atom stereocenters. The second kappa shape index (κ2) is 11.8. The number of anilines is 2. The SMILES string of the molecule is Cn1c(-c2cccc(NC(=O)CCC(=O)Nc3cccc(-c4ccccc4)c3)c2)c(I)c2cc(C(=O)O)c(O)cc21. The number of phenols is 1. The molecule has 0 aliphatic heterocycles. The van der Waals surface area contributed by atoms with E-state index in [1.807, 2.05) is 84.4 Å². The van der Waals surface area contributed by atoms with Gasteiger partial charge in [0.25, 0.3) is 0 Å². The second-order valence-electron chi connectivity index (χ2n) is 9.54. The fourth-order valence-electron chi connectivity index (χ4n) is 4.74. The summed E-state index contributed by atoms with van der Waals surface area (Å²) >= 11 is 2.16. The Hall–Kier alpha value is -4.64. The van der Waals surface area contributed by atoms with Gasteiger partial charge in [-0.05, 0) is 64.0 Å². The summed E-state index contributed by atoms with van der Waals surface area (Å²) in [5.41, 5.74) is 5.40. The van der Waals surface area contributed by atoms with E-state index in [0.29, 0.717) is 22.3 Å². The molecular weight excluding hydrogens is 633 g/mol. The first-order valence-electron chi connectivity index (χ1n) is 12.8. The maximum atomic E-state index is 12.7. The van der Waals surface area contributed by atoms with Gasteiger partial charge in [0.1, 0.15) is 11.3 Å². The van der Waals surface area contributed by atoms with Gasteiger partial charge in [-0.2, -0.15) is 0 Å². The number of aromatic carboxylic acids is 1. The van der Waals surface area contributed by atoms with Gasteiger partial charge in [0.05, 0.1) is 11.2 Å². The van der Waals surface area contributed by atoms with E-state index in [2.05, 4.69) is 33.2 Å². The maximum Gasteiger partial charge on any atom is 0.339 e. The molecule has 4 N–H and O–H groups in total. The molecule has 0 fully saturated rings. The monoisotopic (exact) mass is 659 g/mol. The van der Waals surface area contributed by atoms with Gasteiger partial charge in [-0.25, -0.2) is 4.79 Å². The number of benzene rings is 4. The average molecular weight is 659 g/mol. The van der Waals surface area contributed by atoms with Gasteiger partial charge in [-0.3, -0.25) is 9.59 Å². The van der Waals surface area contributed by atoms with Crippen molar-refractivity contribution in [1.29, 1.82) is 0 Å². The number of carboxylic acid groups (broad SMARTS) is 1. The highest BCUT2D eigenvalue weighted by atomic mass is 127. The number of aryl methyl sites for hydroxylation is 1. The van der Waals surface area contributed by atoms with Crippen LogP contribution in [-0.4, -0.2) is 32.6 Å². The first-order chi connectivity index (χ1) is 19.7. The third kappa shape index (κ3) is 6.09. The zero-order chi connectivity index (χ0) is 29.1. The van der Waals surface area contributed by atoms with E-state index < -0.39 is 5.97 Å². The van der Waals surface area contributed by atoms with Gasteiger partial charge in [-0.1, -0.05) is 54.6 Å². The van der Waals surface area contributed by atoms with Crippen molar-refractivity contribution in [3.05, 3.63) is 100 Å². The lowest BCUT2D eigenvalue weighted by atomic mass is 10.1. The molecule has 206 valence electrons. The van der Waals surface area contributed by atoms with Crippen LogP contribution >= 0.6 is 22.6 Å². The first-order valence-corrected chi connectivity index (χ1v) is 13.9. The Labute approximate surface area is 249 Å². The molecule has 1 aromatic heterocycles. The number of aromatic nitrogens is 1. The molecule has 5 rings (SSSR count). The fourth-order valence-corrected chi connectivity index (χ4v) is 5.85. The topological polar surface area (TPSA) is 121 Å². The highest BCUT2D eigenvalue weighted by Gasteiger charge is 2.20. The summed E-state index contributed by atoms with van der Waals surface area (Å²) in [4.78, 5) is 36.8. The van der Waals surface area contributed by atoms with Crippen LogP contribution in [0.5, 0.6) is 5.75 Å². The van der Waals surface area contributed by atoms with Crippen molar-refractivity contribution in [2.24, 2.45) is 7.05 Å². The molecule has 0 radical (unpaired) electrons. The zero-order valence-electron chi connectivity index (χ0n) is 22.0. The minimum Gasteiger partial charge on any atom is -0.507 e. The quantitative estimate of drug-likeness (QED) is 0.136. The maximum absolute atomic E-state index is 12.7. The van der Waals surface area contributed by atoms with Crippen LogP contribution in [0.4, 0.5) is 11.4 Å². The lowest BCUT2D eigenvalue weighted by molar-refractivity contribution is -0.121. The molecule has 41 heavy (non-hydrogen) atoms. The predicted molar refractivity (Wildman–Crippen MR) is 168 cm³/mol. The highest BCUT2D eigenvalue weighted by molar-refractivity contribution is 14.1. The summed E-state index contributed by atoms with van der Waals surface area (Å²) in [7, 11) is 1.83. The van der Waals surface area contributed by atoms with E-state index in [1.165, 1.54) is 12.1 Å². The predicted octanol–water partition coefficient (Wildman–Crippen LogP) is 6.88. The van der Waals surface area contributed by atoms with Crippen LogP contribution in [0, 0.1) is 3.57 Å². The number of carboxylic acids is 1. The molecule has 0 saturated heterocycles. The standard InChI is InChI=1S/C32H26IN3O5/c1-36-26-18-27(37)25(32(40)41)17-24(26)30(33)31(36)21-10-6-12-23(16-21)35-29(39)14-13-28(38)34-22-11-5-9-20(15-22)19-7-3-2-4-8-19/h2-12,15-18,37H,13-14H2,1H3,(H,34,38)(H,35,39)(H,40,41). The molecule has 8 nitrogen and oxygen atoms in total. The van der Waals surface area contributed by atoms with Gasteiger partial charge in [-0.15, -0.1) is 0 Å². The minimum absolute atomic E-state index is 0.0112. The normalized spacial score (nSPS) is 10.9. The van der Waals surface area contributed by atoms with Crippen LogP contribution in [0.25, 0.3) is 33.3 Å². The Morgan fingerprint density at radius 2 is 1.32 bits per heavy atom. The number of fused-ring (bicyclic) bond motifs is 1. The summed E-state index contributed by atoms with van der Waals surface area (Å²) in [6.45, 7) is 0. The van der Waals surface area contributed by atoms with Gasteiger partial charge in [0.15, 0.2) is 0 Å². The van der Waals surface area contributed by atoms with Crippen LogP contribution in [0.1, 0.15) is 23.2 Å². The minimum atomic E-state index is -1.20. The zero-order valence-corrected chi connectivity index (χ0v) is 24.2. The summed E-state index contributed by atoms with van der Waals surface area (Å²) in [5.74, 6) is -2.06. The molecule has 0 aliphatic carbocycles. The summed E-state index contributed by atoms with van der Waals surface area (Å²) in [6, 6.07) is 27.6. The second-order valence-corrected chi connectivity index (χ2v) is 10.6. The lowest BCUT2D eigenvalue weighted by Crippen LogP contribution is -2.17. The van der Waals surface area contributed by atoms with Gasteiger partial charge < -0.3 is 25.4 Å². The summed E-state index contributed by atoms with van der Waals surface area (Å²) in [6.07, 6.45) is 0.0366. The number of halogens is 1. The largest absolute Gasteiger partial charge is 0.507 e. The lowest BCUT2D eigenvalue weighted by Gasteiger charge is -2.10. The Balaban J connectivity index is 1.25. The van der Waals surface area contributed by atoms with Gasteiger partial charge in [0, 0.05) is 51.9 Å². The molecule has 0 spiro atoms. The van der Waals surface area contributed by atoms with Crippen LogP contribution in [0.3, 0.4) is 0 Å². The molecule has 4 aromatic carbocycles. The van der Waals surface area contributed by atoms with Crippen molar-refractivity contribution < 1.29 is 24.6 Å². The van der Waals surface area contributed by atoms with Crippen LogP contribution in [0.15, 0.2) is 91.0 Å². The Bertz CT molecular complexity index is 1800. The van der Waals surface area contributed by atoms with Crippen molar-refractivity contribution in [2.75, 3.05) is 10.6 Å². The first kappa shape index (κ1) is 27.9. The molecule has 0 aliphatic rings. The Morgan fingerprint density at radius 1 is 0.756 bits per heavy atom. The van der Waals surface area contributed by atoms with Crippen LogP contribution < -0.4 is 10.6 Å². The Kier molecular flexibility index (Phi) is 8.06. The number of nitrogens with zero attached hydrogens (tertiary/aromatic N) is 1. The van der Waals surface area contributed by atoms with Gasteiger partial charge >= 0.3 is 5.97 Å². The van der Waals surface area contributed by atoms with Crippen molar-refractivity contribution in [2.45, 2.75) is 12.8 Å². The van der Waals surface area contributed by atoms with Crippen LogP contribution in [-0.2, 0) is 16.6 Å². The third-order valence-electron chi connectivity index (χ3n) is 6.74. The van der Waals surface area contributed by atoms with E-state index in [-0.39, 0.29) is 36.0 Å². The number of carbonyl (C=O) groups excluding carboxylic acids is 2. The van der Waals surface area contributed by atoms with E-state index in [9.17, 15) is 24.6 Å². The fraction of sp³-hybridized carbons (Fsp3) is 0.0938.